The van der Waals surface area contributed by atoms with Gasteiger partial charge in [0.2, 0.25) is 5.91 Å². The number of carbonyl (C=O) groups is 1. The van der Waals surface area contributed by atoms with Crippen LogP contribution in [0.1, 0.15) is 31.7 Å². The first-order valence-electron chi connectivity index (χ1n) is 10.8. The van der Waals surface area contributed by atoms with Crippen molar-refractivity contribution in [1.82, 2.24) is 9.97 Å². The van der Waals surface area contributed by atoms with E-state index in [-0.39, 0.29) is 5.91 Å². The Kier molecular flexibility index (Phi) is 7.07. The molecular weight excluding hydrogens is 414 g/mol. The summed E-state index contributed by atoms with van der Waals surface area (Å²) in [5, 5.41) is 3.80. The largest absolute Gasteiger partial charge is 0.332 e. The summed E-state index contributed by atoms with van der Waals surface area (Å²) < 4.78 is 0. The minimum atomic E-state index is 0.00733. The maximum absolute atomic E-state index is 12.4. The molecule has 5 heteroatoms. The fourth-order valence-electron chi connectivity index (χ4n) is 3.45. The lowest BCUT2D eigenvalue weighted by Gasteiger charge is -2.08. The zero-order valence-corrected chi connectivity index (χ0v) is 19.2. The Balaban J connectivity index is 1.41. The van der Waals surface area contributed by atoms with Crippen molar-refractivity contribution in [3.05, 3.63) is 90.5 Å². The van der Waals surface area contributed by atoms with E-state index in [0.29, 0.717) is 18.1 Å². The fourth-order valence-corrected chi connectivity index (χ4v) is 4.26. The molecule has 0 bridgehead atoms. The van der Waals surface area contributed by atoms with Crippen LogP contribution in [0.5, 0.6) is 0 Å². The Morgan fingerprint density at radius 3 is 2.16 bits per heavy atom. The number of benzene rings is 3. The van der Waals surface area contributed by atoms with Crippen molar-refractivity contribution in [2.75, 3.05) is 11.1 Å². The van der Waals surface area contributed by atoms with E-state index in [1.165, 1.54) is 5.56 Å². The Morgan fingerprint density at radius 2 is 1.53 bits per heavy atom. The van der Waals surface area contributed by atoms with Crippen LogP contribution in [-0.2, 0) is 4.79 Å². The Morgan fingerprint density at radius 1 is 0.906 bits per heavy atom. The van der Waals surface area contributed by atoms with Gasteiger partial charge in [-0.25, -0.2) is 4.98 Å². The monoisotopic (exact) mass is 441 g/mol. The third-order valence-corrected chi connectivity index (χ3v) is 6.10. The van der Waals surface area contributed by atoms with Crippen LogP contribution < -0.4 is 5.32 Å². The quantitative estimate of drug-likeness (QED) is 0.290. The Labute approximate surface area is 193 Å². The van der Waals surface area contributed by atoms with Crippen LogP contribution in [0.4, 0.5) is 5.69 Å². The minimum Gasteiger partial charge on any atom is -0.332 e. The molecule has 0 unspecified atom stereocenters. The van der Waals surface area contributed by atoms with Gasteiger partial charge in [0.15, 0.2) is 5.16 Å². The Bertz CT molecular complexity index is 1100. The second kappa shape index (κ2) is 10.3. The molecule has 0 aliphatic rings. The lowest BCUT2D eigenvalue weighted by molar-refractivity contribution is -0.115. The number of nitrogens with one attached hydrogen (secondary N) is 2. The number of aromatic nitrogens is 2. The minimum absolute atomic E-state index is 0.00733. The molecule has 4 aromatic rings. The molecule has 0 aliphatic heterocycles. The van der Waals surface area contributed by atoms with E-state index in [1.807, 2.05) is 48.5 Å². The van der Waals surface area contributed by atoms with Gasteiger partial charge in [-0.2, -0.15) is 0 Å². The highest BCUT2D eigenvalue weighted by Crippen LogP contribution is 2.32. The van der Waals surface area contributed by atoms with E-state index >= 15 is 0 Å². The maximum Gasteiger partial charge on any atom is 0.225 e. The molecular formula is C27H27N3OS. The van der Waals surface area contributed by atoms with Crippen molar-refractivity contribution < 1.29 is 4.79 Å². The number of carbonyl (C=O) groups excluding carboxylic acids is 1. The lowest BCUT2D eigenvalue weighted by atomic mass is 10.0. The van der Waals surface area contributed by atoms with E-state index in [2.05, 4.69) is 60.5 Å². The van der Waals surface area contributed by atoms with Crippen LogP contribution >= 0.6 is 11.8 Å². The van der Waals surface area contributed by atoms with Crippen LogP contribution in [-0.4, -0.2) is 21.6 Å². The van der Waals surface area contributed by atoms with Crippen molar-refractivity contribution in [1.29, 1.82) is 0 Å². The van der Waals surface area contributed by atoms with Gasteiger partial charge in [-0.05, 0) is 23.6 Å². The molecule has 3 aromatic carbocycles. The number of rotatable bonds is 8. The van der Waals surface area contributed by atoms with Crippen molar-refractivity contribution >= 4 is 23.4 Å². The third-order valence-electron chi connectivity index (χ3n) is 5.22. The highest BCUT2D eigenvalue weighted by Gasteiger charge is 2.14. The predicted octanol–water partition coefficient (Wildman–Crippen LogP) is 6.99. The zero-order chi connectivity index (χ0) is 22.3. The molecule has 0 saturated heterocycles. The van der Waals surface area contributed by atoms with Gasteiger partial charge in [0.1, 0.15) is 0 Å². The summed E-state index contributed by atoms with van der Waals surface area (Å²) >= 11 is 1.56. The average molecular weight is 442 g/mol. The Hall–Kier alpha value is -3.31. The predicted molar refractivity (Wildman–Crippen MR) is 134 cm³/mol. The number of hydrogen-bond acceptors (Lipinski definition) is 3. The second-order valence-electron chi connectivity index (χ2n) is 7.92. The number of thioether (sulfide) groups is 1. The summed E-state index contributed by atoms with van der Waals surface area (Å²) in [4.78, 5) is 20.7. The van der Waals surface area contributed by atoms with Gasteiger partial charge in [0.25, 0.3) is 0 Å². The molecule has 4 nitrogen and oxygen atoms in total. The van der Waals surface area contributed by atoms with Gasteiger partial charge in [0.05, 0.1) is 11.4 Å². The molecule has 162 valence electrons. The van der Waals surface area contributed by atoms with E-state index in [9.17, 15) is 4.79 Å². The van der Waals surface area contributed by atoms with E-state index in [4.69, 9.17) is 4.98 Å². The van der Waals surface area contributed by atoms with Crippen LogP contribution in [0, 0.1) is 0 Å². The van der Waals surface area contributed by atoms with Crippen LogP contribution in [0.25, 0.3) is 22.5 Å². The molecule has 0 radical (unpaired) electrons. The molecule has 2 N–H and O–H groups in total. The van der Waals surface area contributed by atoms with Gasteiger partial charge >= 0.3 is 0 Å². The van der Waals surface area contributed by atoms with Gasteiger partial charge in [-0.3, -0.25) is 4.79 Å². The molecule has 0 spiro atoms. The van der Waals surface area contributed by atoms with Crippen molar-refractivity contribution in [2.45, 2.75) is 31.3 Å². The molecule has 0 aliphatic carbocycles. The van der Waals surface area contributed by atoms with E-state index < -0.39 is 0 Å². The summed E-state index contributed by atoms with van der Waals surface area (Å²) in [6.45, 7) is 4.32. The number of H-pyrrole nitrogens is 1. The third kappa shape index (κ3) is 5.48. The number of hydrogen-bond donors (Lipinski definition) is 2. The maximum atomic E-state index is 12.4. The molecule has 0 atom stereocenters. The van der Waals surface area contributed by atoms with Gasteiger partial charge in [0, 0.05) is 29.0 Å². The summed E-state index contributed by atoms with van der Waals surface area (Å²) in [5.41, 5.74) is 6.17. The number of amides is 1. The molecule has 1 amide bonds. The first kappa shape index (κ1) is 21.9. The average Bonchev–Trinajstić information content (AvgIpc) is 3.25. The zero-order valence-electron chi connectivity index (χ0n) is 18.3. The number of anilines is 1. The van der Waals surface area contributed by atoms with Crippen LogP contribution in [0.3, 0.4) is 0 Å². The molecule has 1 heterocycles. The smallest absolute Gasteiger partial charge is 0.225 e. The SMILES string of the molecule is CC(C)c1ccc(NC(=O)CCSc2nc(-c3ccccc3)c(-c3ccccc3)[nH]2)cc1. The molecule has 4 rings (SSSR count). The van der Waals surface area contributed by atoms with E-state index in [0.717, 1.165) is 33.4 Å². The number of aromatic amines is 1. The molecule has 0 saturated carbocycles. The van der Waals surface area contributed by atoms with Crippen molar-refractivity contribution in [3.63, 3.8) is 0 Å². The number of imidazole rings is 1. The molecule has 1 aromatic heterocycles. The summed E-state index contributed by atoms with van der Waals surface area (Å²) in [7, 11) is 0. The highest BCUT2D eigenvalue weighted by atomic mass is 32.2. The van der Waals surface area contributed by atoms with Gasteiger partial charge < -0.3 is 10.3 Å². The topological polar surface area (TPSA) is 57.8 Å². The standard InChI is InChI=1S/C27H27N3OS/c1-19(2)20-13-15-23(16-14-20)28-24(31)17-18-32-27-29-25(21-9-5-3-6-10-21)26(30-27)22-11-7-4-8-12-22/h3-16,19H,17-18H2,1-2H3,(H,28,31)(H,29,30). The highest BCUT2D eigenvalue weighted by molar-refractivity contribution is 7.99. The van der Waals surface area contributed by atoms with Crippen molar-refractivity contribution in [3.8, 4) is 22.5 Å². The number of nitrogens with zero attached hydrogens (tertiary/aromatic N) is 1. The van der Waals surface area contributed by atoms with Gasteiger partial charge in [-0.1, -0.05) is 98.4 Å². The molecule has 0 fully saturated rings. The first-order chi connectivity index (χ1) is 15.6. The summed E-state index contributed by atoms with van der Waals surface area (Å²) in [6, 6.07) is 28.4. The normalized spacial score (nSPS) is 11.0. The lowest BCUT2D eigenvalue weighted by Crippen LogP contribution is -2.12. The first-order valence-corrected chi connectivity index (χ1v) is 11.8. The summed E-state index contributed by atoms with van der Waals surface area (Å²) in [5.74, 6) is 1.13. The molecule has 32 heavy (non-hydrogen) atoms. The van der Waals surface area contributed by atoms with Crippen LogP contribution in [0.15, 0.2) is 90.1 Å². The van der Waals surface area contributed by atoms with Crippen LogP contribution in [0.2, 0.25) is 0 Å². The summed E-state index contributed by atoms with van der Waals surface area (Å²) in [6.07, 6.45) is 0.415. The van der Waals surface area contributed by atoms with E-state index in [1.54, 1.807) is 11.8 Å². The van der Waals surface area contributed by atoms with Crippen molar-refractivity contribution in [2.24, 2.45) is 0 Å². The fraction of sp³-hybridized carbons (Fsp3) is 0.185. The second-order valence-corrected chi connectivity index (χ2v) is 9.00. The van der Waals surface area contributed by atoms with Gasteiger partial charge in [-0.15, -0.1) is 0 Å².